The van der Waals surface area contributed by atoms with Crippen LogP contribution in [-0.2, 0) is 4.79 Å². The summed E-state index contributed by atoms with van der Waals surface area (Å²) in [6, 6.07) is 6.02. The Bertz CT molecular complexity index is 581. The minimum atomic E-state index is -0.287. The van der Waals surface area contributed by atoms with Crippen LogP contribution in [0.2, 0.25) is 0 Å². The Balaban J connectivity index is 1.46. The molecule has 5 nitrogen and oxygen atoms in total. The maximum Gasteiger partial charge on any atom is 0.251 e. The lowest BCUT2D eigenvalue weighted by molar-refractivity contribution is -0.130. The molecule has 1 aromatic rings. The van der Waals surface area contributed by atoms with Crippen LogP contribution in [-0.4, -0.2) is 41.5 Å². The molecule has 0 aromatic heterocycles. The molecule has 1 heterocycles. The van der Waals surface area contributed by atoms with Gasteiger partial charge in [-0.25, -0.2) is 0 Å². The first-order chi connectivity index (χ1) is 11.6. The molecule has 2 aliphatic rings. The van der Waals surface area contributed by atoms with Crippen LogP contribution in [0.1, 0.15) is 48.9 Å². The van der Waals surface area contributed by atoms with E-state index in [-0.39, 0.29) is 24.1 Å². The first kappa shape index (κ1) is 16.8. The standard InChI is InChI=1S/C19H26N2O3/c22-17-8-6-16(7-9-17)19(24)20-13-18(23)21-11-2-5-15(10-12-21)14-3-1-4-14/h6-9,14-15,22H,1-5,10-13H2,(H,20,24). The number of benzene rings is 1. The lowest BCUT2D eigenvalue weighted by Gasteiger charge is -2.33. The molecule has 1 aliphatic heterocycles. The van der Waals surface area contributed by atoms with Gasteiger partial charge in [-0.05, 0) is 55.4 Å². The first-order valence-electron chi connectivity index (χ1n) is 8.98. The van der Waals surface area contributed by atoms with Gasteiger partial charge < -0.3 is 15.3 Å². The van der Waals surface area contributed by atoms with Crippen molar-refractivity contribution >= 4 is 11.8 Å². The highest BCUT2D eigenvalue weighted by Gasteiger charge is 2.29. The minimum absolute atomic E-state index is 0.00334. The Morgan fingerprint density at radius 1 is 1.00 bits per heavy atom. The molecule has 2 N–H and O–H groups in total. The molecule has 3 rings (SSSR count). The summed E-state index contributed by atoms with van der Waals surface area (Å²) in [5, 5.41) is 11.9. The van der Waals surface area contributed by atoms with Crippen molar-refractivity contribution in [3.63, 3.8) is 0 Å². The van der Waals surface area contributed by atoms with E-state index in [4.69, 9.17) is 0 Å². The van der Waals surface area contributed by atoms with Crippen molar-refractivity contribution in [1.82, 2.24) is 10.2 Å². The van der Waals surface area contributed by atoms with E-state index in [9.17, 15) is 14.7 Å². The third kappa shape index (κ3) is 4.08. The molecule has 0 spiro atoms. The van der Waals surface area contributed by atoms with Gasteiger partial charge in [-0.2, -0.15) is 0 Å². The Kier molecular flexibility index (Phi) is 5.38. The fourth-order valence-electron chi connectivity index (χ4n) is 3.74. The predicted octanol–water partition coefficient (Wildman–Crippen LogP) is 2.55. The van der Waals surface area contributed by atoms with Gasteiger partial charge in [0.05, 0.1) is 6.54 Å². The Labute approximate surface area is 143 Å². The summed E-state index contributed by atoms with van der Waals surface area (Å²) in [5.74, 6) is 1.49. The first-order valence-corrected chi connectivity index (χ1v) is 8.98. The van der Waals surface area contributed by atoms with Crippen molar-refractivity contribution in [2.45, 2.75) is 38.5 Å². The number of likely N-dealkylation sites (tertiary alicyclic amines) is 1. The van der Waals surface area contributed by atoms with Crippen LogP contribution in [0.4, 0.5) is 0 Å². The SMILES string of the molecule is O=C(NCC(=O)N1CCCC(C2CCC2)CC1)c1ccc(O)cc1. The molecular weight excluding hydrogens is 304 g/mol. The highest BCUT2D eigenvalue weighted by atomic mass is 16.3. The minimum Gasteiger partial charge on any atom is -0.508 e. The van der Waals surface area contributed by atoms with Crippen molar-refractivity contribution in [3.8, 4) is 5.75 Å². The van der Waals surface area contributed by atoms with Gasteiger partial charge in [-0.15, -0.1) is 0 Å². The molecule has 0 bridgehead atoms. The lowest BCUT2D eigenvalue weighted by Crippen LogP contribution is -2.40. The summed E-state index contributed by atoms with van der Waals surface area (Å²) in [6.07, 6.45) is 7.49. The number of phenolic OH excluding ortho intramolecular Hbond substituents is 1. The van der Waals surface area contributed by atoms with E-state index in [0.29, 0.717) is 5.56 Å². The molecule has 1 aliphatic carbocycles. The van der Waals surface area contributed by atoms with Crippen LogP contribution in [0.5, 0.6) is 5.75 Å². The van der Waals surface area contributed by atoms with Gasteiger partial charge in [0.15, 0.2) is 0 Å². The van der Waals surface area contributed by atoms with E-state index in [1.54, 1.807) is 12.1 Å². The number of rotatable bonds is 4. The molecule has 2 fully saturated rings. The van der Waals surface area contributed by atoms with Crippen LogP contribution >= 0.6 is 0 Å². The van der Waals surface area contributed by atoms with Crippen molar-refractivity contribution in [3.05, 3.63) is 29.8 Å². The van der Waals surface area contributed by atoms with E-state index in [1.807, 2.05) is 4.90 Å². The molecule has 5 heteroatoms. The van der Waals surface area contributed by atoms with Gasteiger partial charge in [-0.1, -0.05) is 19.3 Å². The topological polar surface area (TPSA) is 69.6 Å². The maximum absolute atomic E-state index is 12.4. The van der Waals surface area contributed by atoms with Gasteiger partial charge >= 0.3 is 0 Å². The van der Waals surface area contributed by atoms with Crippen molar-refractivity contribution in [2.24, 2.45) is 11.8 Å². The number of aromatic hydroxyl groups is 1. The van der Waals surface area contributed by atoms with Crippen molar-refractivity contribution < 1.29 is 14.7 Å². The second kappa shape index (κ2) is 7.69. The van der Waals surface area contributed by atoms with E-state index < -0.39 is 0 Å². The van der Waals surface area contributed by atoms with Crippen LogP contribution in [0, 0.1) is 11.8 Å². The van der Waals surface area contributed by atoms with Crippen LogP contribution < -0.4 is 5.32 Å². The Morgan fingerprint density at radius 3 is 2.33 bits per heavy atom. The second-order valence-electron chi connectivity index (χ2n) is 6.99. The number of hydrogen-bond donors (Lipinski definition) is 2. The summed E-state index contributed by atoms with van der Waals surface area (Å²) in [7, 11) is 0. The highest BCUT2D eigenvalue weighted by Crippen LogP contribution is 2.38. The average molecular weight is 330 g/mol. The summed E-state index contributed by atoms with van der Waals surface area (Å²) < 4.78 is 0. The zero-order valence-electron chi connectivity index (χ0n) is 14.0. The smallest absolute Gasteiger partial charge is 0.251 e. The largest absolute Gasteiger partial charge is 0.508 e. The summed E-state index contributed by atoms with van der Waals surface area (Å²) >= 11 is 0. The molecule has 130 valence electrons. The van der Waals surface area contributed by atoms with Crippen molar-refractivity contribution in [2.75, 3.05) is 19.6 Å². The maximum atomic E-state index is 12.4. The van der Waals surface area contributed by atoms with Crippen LogP contribution in [0.25, 0.3) is 0 Å². The summed E-state index contributed by atoms with van der Waals surface area (Å²) in [4.78, 5) is 26.3. The van der Waals surface area contributed by atoms with Gasteiger partial charge in [0.1, 0.15) is 5.75 Å². The fraction of sp³-hybridized carbons (Fsp3) is 0.579. The number of nitrogens with one attached hydrogen (secondary N) is 1. The number of amides is 2. The number of hydrogen-bond acceptors (Lipinski definition) is 3. The molecular formula is C19H26N2O3. The molecule has 0 radical (unpaired) electrons. The normalized spacial score (nSPS) is 21.7. The highest BCUT2D eigenvalue weighted by molar-refractivity contribution is 5.96. The number of carbonyl (C=O) groups excluding carboxylic acids is 2. The monoisotopic (exact) mass is 330 g/mol. The molecule has 1 saturated heterocycles. The fourth-order valence-corrected chi connectivity index (χ4v) is 3.74. The van der Waals surface area contributed by atoms with E-state index in [1.165, 1.54) is 37.8 Å². The van der Waals surface area contributed by atoms with Crippen LogP contribution in [0.3, 0.4) is 0 Å². The summed E-state index contributed by atoms with van der Waals surface area (Å²) in [6.45, 7) is 1.65. The van der Waals surface area contributed by atoms with Gasteiger partial charge in [0.25, 0.3) is 5.91 Å². The van der Waals surface area contributed by atoms with Gasteiger partial charge in [0, 0.05) is 18.7 Å². The van der Waals surface area contributed by atoms with Crippen molar-refractivity contribution in [1.29, 1.82) is 0 Å². The average Bonchev–Trinajstić information content (AvgIpc) is 2.77. The number of phenols is 1. The third-order valence-electron chi connectivity index (χ3n) is 5.47. The second-order valence-corrected chi connectivity index (χ2v) is 6.99. The molecule has 1 unspecified atom stereocenters. The van der Waals surface area contributed by atoms with Gasteiger partial charge in [-0.3, -0.25) is 9.59 Å². The molecule has 2 amide bonds. The molecule has 1 saturated carbocycles. The van der Waals surface area contributed by atoms with Crippen LogP contribution in [0.15, 0.2) is 24.3 Å². The number of carbonyl (C=O) groups is 2. The Hall–Kier alpha value is -2.04. The quantitative estimate of drug-likeness (QED) is 0.891. The predicted molar refractivity (Wildman–Crippen MR) is 91.7 cm³/mol. The molecule has 1 atom stereocenters. The van der Waals surface area contributed by atoms with E-state index >= 15 is 0 Å². The van der Waals surface area contributed by atoms with Gasteiger partial charge in [0.2, 0.25) is 5.91 Å². The zero-order chi connectivity index (χ0) is 16.9. The Morgan fingerprint density at radius 2 is 1.67 bits per heavy atom. The summed E-state index contributed by atoms with van der Waals surface area (Å²) in [5.41, 5.74) is 0.446. The number of nitrogens with zero attached hydrogens (tertiary/aromatic N) is 1. The third-order valence-corrected chi connectivity index (χ3v) is 5.47. The molecule has 24 heavy (non-hydrogen) atoms. The van der Waals surface area contributed by atoms with E-state index in [2.05, 4.69) is 5.32 Å². The lowest BCUT2D eigenvalue weighted by atomic mass is 9.73. The van der Waals surface area contributed by atoms with E-state index in [0.717, 1.165) is 37.8 Å². The molecule has 1 aromatic carbocycles. The zero-order valence-corrected chi connectivity index (χ0v) is 14.0.